The number of ether oxygens (including phenoxy) is 1. The summed E-state index contributed by atoms with van der Waals surface area (Å²) in [5.74, 6) is -0.244. The van der Waals surface area contributed by atoms with E-state index in [1.54, 1.807) is 6.92 Å². The Morgan fingerprint density at radius 1 is 1.54 bits per heavy atom. The van der Waals surface area contributed by atoms with Crippen molar-refractivity contribution in [1.82, 2.24) is 0 Å². The summed E-state index contributed by atoms with van der Waals surface area (Å²) in [6, 6.07) is 0. The summed E-state index contributed by atoms with van der Waals surface area (Å²) < 4.78 is 39.0. The van der Waals surface area contributed by atoms with Gasteiger partial charge in [-0.25, -0.2) is 0 Å². The Labute approximate surface area is 78.8 Å². The molecule has 0 aliphatic heterocycles. The van der Waals surface area contributed by atoms with E-state index in [-0.39, 0.29) is 11.7 Å². The Bertz CT molecular complexity index is 255. The molecule has 5 heteroatoms. The third-order valence-corrected chi connectivity index (χ3v) is 1.76. The first kappa shape index (κ1) is 10.4. The van der Waals surface area contributed by atoms with Gasteiger partial charge < -0.3 is 4.74 Å². The molecule has 0 aromatic rings. The summed E-state index contributed by atoms with van der Waals surface area (Å²) in [5.41, 5.74) is 0. The summed E-state index contributed by atoms with van der Waals surface area (Å²) in [4.78, 5) is 0. The van der Waals surface area contributed by atoms with Gasteiger partial charge in [0.05, 0.1) is 0 Å². The van der Waals surface area contributed by atoms with Crippen LogP contribution >= 0.6 is 11.6 Å². The number of rotatable bonds is 1. The maximum absolute atomic E-state index is 11.8. The standard InChI is InChI=1S/C8H8ClF3O/c1-5-2-6(9)4-7(3-5)13-8(10,11)12/h3-5H,2H2,1H3. The Morgan fingerprint density at radius 3 is 2.62 bits per heavy atom. The predicted octanol–water partition coefficient (Wildman–Crippen LogP) is 3.57. The summed E-state index contributed by atoms with van der Waals surface area (Å²) >= 11 is 5.61. The average molecular weight is 213 g/mol. The van der Waals surface area contributed by atoms with E-state index >= 15 is 0 Å². The minimum Gasteiger partial charge on any atom is -0.406 e. The summed E-state index contributed by atoms with van der Waals surface area (Å²) in [5, 5.41) is 0.384. The van der Waals surface area contributed by atoms with Crippen molar-refractivity contribution >= 4 is 11.6 Å². The molecule has 0 radical (unpaired) electrons. The van der Waals surface area contributed by atoms with E-state index < -0.39 is 6.36 Å². The van der Waals surface area contributed by atoms with Crippen molar-refractivity contribution in [2.75, 3.05) is 0 Å². The average Bonchev–Trinajstić information content (AvgIpc) is 1.78. The minimum atomic E-state index is -4.64. The molecule has 1 nitrogen and oxygen atoms in total. The first-order valence-corrected chi connectivity index (χ1v) is 4.08. The van der Waals surface area contributed by atoms with Crippen LogP contribution in [0.2, 0.25) is 0 Å². The molecule has 1 atom stereocenters. The van der Waals surface area contributed by atoms with E-state index in [0.717, 1.165) is 0 Å². The van der Waals surface area contributed by atoms with Crippen LogP contribution in [0.5, 0.6) is 0 Å². The van der Waals surface area contributed by atoms with Crippen molar-refractivity contribution in [3.05, 3.63) is 22.9 Å². The van der Waals surface area contributed by atoms with E-state index in [1.807, 2.05) is 0 Å². The van der Waals surface area contributed by atoms with Crippen molar-refractivity contribution in [1.29, 1.82) is 0 Å². The van der Waals surface area contributed by atoms with Crippen molar-refractivity contribution in [3.8, 4) is 0 Å². The predicted molar refractivity (Wildman–Crippen MR) is 42.9 cm³/mol. The zero-order valence-corrected chi connectivity index (χ0v) is 7.62. The quantitative estimate of drug-likeness (QED) is 0.646. The van der Waals surface area contributed by atoms with Crippen LogP contribution in [0.4, 0.5) is 13.2 Å². The third kappa shape index (κ3) is 3.72. The SMILES string of the molecule is CC1C=C(OC(F)(F)F)C=C(Cl)C1. The van der Waals surface area contributed by atoms with E-state index in [4.69, 9.17) is 11.6 Å². The second-order valence-electron chi connectivity index (χ2n) is 2.89. The monoisotopic (exact) mass is 212 g/mol. The lowest BCUT2D eigenvalue weighted by atomic mass is 10.0. The molecule has 0 saturated carbocycles. The fraction of sp³-hybridized carbons (Fsp3) is 0.500. The van der Waals surface area contributed by atoms with E-state index in [1.165, 1.54) is 12.2 Å². The van der Waals surface area contributed by atoms with Gasteiger partial charge in [0, 0.05) is 5.03 Å². The molecular formula is C8H8ClF3O. The van der Waals surface area contributed by atoms with Gasteiger partial charge in [-0.2, -0.15) is 0 Å². The normalized spacial score (nSPS) is 23.6. The Kier molecular flexibility index (Phi) is 2.91. The third-order valence-electron chi connectivity index (χ3n) is 1.50. The van der Waals surface area contributed by atoms with Crippen molar-refractivity contribution in [3.63, 3.8) is 0 Å². The van der Waals surface area contributed by atoms with Crippen molar-refractivity contribution < 1.29 is 17.9 Å². The van der Waals surface area contributed by atoms with Crippen molar-refractivity contribution in [2.24, 2.45) is 5.92 Å². The number of hydrogen-bond donors (Lipinski definition) is 0. The van der Waals surface area contributed by atoms with Gasteiger partial charge in [-0.15, -0.1) is 13.2 Å². The molecule has 0 aromatic carbocycles. The highest BCUT2D eigenvalue weighted by molar-refractivity contribution is 6.29. The van der Waals surface area contributed by atoms with Crippen LogP contribution in [-0.2, 0) is 4.74 Å². The molecule has 1 unspecified atom stereocenters. The molecule has 0 bridgehead atoms. The molecule has 0 spiro atoms. The molecule has 0 amide bonds. The van der Waals surface area contributed by atoms with Gasteiger partial charge in [0.2, 0.25) is 0 Å². The number of allylic oxidation sites excluding steroid dienone is 3. The Morgan fingerprint density at radius 2 is 2.15 bits per heavy atom. The van der Waals surface area contributed by atoms with Crippen LogP contribution in [0, 0.1) is 5.92 Å². The van der Waals surface area contributed by atoms with Gasteiger partial charge in [-0.3, -0.25) is 0 Å². The molecule has 0 fully saturated rings. The van der Waals surface area contributed by atoms with E-state index in [0.29, 0.717) is 11.5 Å². The van der Waals surface area contributed by atoms with Crippen molar-refractivity contribution in [2.45, 2.75) is 19.7 Å². The topological polar surface area (TPSA) is 9.23 Å². The fourth-order valence-electron chi connectivity index (χ4n) is 1.11. The summed E-state index contributed by atoms with van der Waals surface area (Å²) in [7, 11) is 0. The van der Waals surface area contributed by atoms with Crippen LogP contribution < -0.4 is 0 Å². The van der Waals surface area contributed by atoms with E-state index in [9.17, 15) is 13.2 Å². The van der Waals surface area contributed by atoms with Crippen LogP contribution in [0.25, 0.3) is 0 Å². The highest BCUT2D eigenvalue weighted by Gasteiger charge is 2.32. The first-order chi connectivity index (χ1) is 5.87. The van der Waals surface area contributed by atoms with Crippen LogP contribution in [0.15, 0.2) is 22.9 Å². The van der Waals surface area contributed by atoms with Crippen LogP contribution in [-0.4, -0.2) is 6.36 Å². The summed E-state index contributed by atoms with van der Waals surface area (Å²) in [6.07, 6.45) is -1.49. The zero-order valence-electron chi connectivity index (χ0n) is 6.86. The van der Waals surface area contributed by atoms with Gasteiger partial charge >= 0.3 is 6.36 Å². The molecule has 1 aliphatic rings. The van der Waals surface area contributed by atoms with E-state index in [2.05, 4.69) is 4.74 Å². The molecule has 1 aliphatic carbocycles. The second kappa shape index (κ2) is 3.62. The van der Waals surface area contributed by atoms with Crippen LogP contribution in [0.3, 0.4) is 0 Å². The van der Waals surface area contributed by atoms with Gasteiger partial charge in [0.15, 0.2) is 0 Å². The zero-order chi connectivity index (χ0) is 10.1. The maximum Gasteiger partial charge on any atom is 0.573 e. The fourth-order valence-corrected chi connectivity index (χ4v) is 1.46. The largest absolute Gasteiger partial charge is 0.573 e. The summed E-state index contributed by atoms with van der Waals surface area (Å²) in [6.45, 7) is 1.77. The Hall–Kier alpha value is -0.640. The highest BCUT2D eigenvalue weighted by Crippen LogP contribution is 2.29. The lowest BCUT2D eigenvalue weighted by Crippen LogP contribution is -2.14. The number of halogens is 4. The lowest BCUT2D eigenvalue weighted by Gasteiger charge is -2.16. The lowest BCUT2D eigenvalue weighted by molar-refractivity contribution is -0.303. The molecule has 0 saturated heterocycles. The number of alkyl halides is 3. The smallest absolute Gasteiger partial charge is 0.406 e. The molecule has 0 N–H and O–H groups in total. The minimum absolute atomic E-state index is 0.0187. The molecule has 0 aromatic heterocycles. The highest BCUT2D eigenvalue weighted by atomic mass is 35.5. The van der Waals surface area contributed by atoms with Crippen LogP contribution in [0.1, 0.15) is 13.3 Å². The molecule has 0 heterocycles. The van der Waals surface area contributed by atoms with Gasteiger partial charge in [0.25, 0.3) is 0 Å². The maximum atomic E-state index is 11.8. The Balaban J connectivity index is 2.70. The first-order valence-electron chi connectivity index (χ1n) is 3.70. The molecular weight excluding hydrogens is 205 g/mol. The van der Waals surface area contributed by atoms with Gasteiger partial charge in [-0.05, 0) is 24.5 Å². The molecule has 13 heavy (non-hydrogen) atoms. The molecule has 74 valence electrons. The van der Waals surface area contributed by atoms with Gasteiger partial charge in [0.1, 0.15) is 5.76 Å². The second-order valence-corrected chi connectivity index (χ2v) is 3.37. The number of hydrogen-bond acceptors (Lipinski definition) is 1. The molecule has 1 rings (SSSR count). The van der Waals surface area contributed by atoms with Gasteiger partial charge in [-0.1, -0.05) is 18.5 Å².